The van der Waals surface area contributed by atoms with Gasteiger partial charge in [-0.25, -0.2) is 4.79 Å². The molecule has 1 aromatic carbocycles. The second-order valence-corrected chi connectivity index (χ2v) is 5.74. The minimum atomic E-state index is -3.50. The summed E-state index contributed by atoms with van der Waals surface area (Å²) in [7, 11) is -3.50. The van der Waals surface area contributed by atoms with Crippen LogP contribution in [0.2, 0.25) is 0 Å². The zero-order chi connectivity index (χ0) is 14.3. The van der Waals surface area contributed by atoms with E-state index in [2.05, 4.69) is 9.50 Å². The summed E-state index contributed by atoms with van der Waals surface area (Å²) in [6.45, 7) is 1.65. The molecular weight excluding hydrogens is 270 g/mol. The summed E-state index contributed by atoms with van der Waals surface area (Å²) in [6, 6.07) is 8.78. The van der Waals surface area contributed by atoms with Crippen LogP contribution in [0.4, 0.5) is 4.79 Å². The monoisotopic (exact) mass is 287 g/mol. The van der Waals surface area contributed by atoms with Crippen molar-refractivity contribution < 1.29 is 22.1 Å². The molecule has 0 aromatic heterocycles. The molecule has 0 saturated heterocycles. The van der Waals surface area contributed by atoms with Crippen LogP contribution < -0.4 is 5.32 Å². The zero-order valence-electron chi connectivity index (χ0n) is 10.8. The van der Waals surface area contributed by atoms with Crippen molar-refractivity contribution in [3.05, 3.63) is 35.9 Å². The van der Waals surface area contributed by atoms with Crippen molar-refractivity contribution in [1.29, 1.82) is 0 Å². The SMILES string of the molecule is C[C@@H](COS(C)(=O)=O)NC(=O)OCc1ccccc1. The molecule has 1 atom stereocenters. The Labute approximate surface area is 112 Å². The van der Waals surface area contributed by atoms with Crippen LogP contribution >= 0.6 is 0 Å². The highest BCUT2D eigenvalue weighted by atomic mass is 32.2. The number of alkyl carbamates (subject to hydrolysis) is 1. The summed E-state index contributed by atoms with van der Waals surface area (Å²) >= 11 is 0. The highest BCUT2D eigenvalue weighted by Crippen LogP contribution is 2.01. The molecule has 0 heterocycles. The molecule has 1 rings (SSSR count). The van der Waals surface area contributed by atoms with Crippen LogP contribution in [0.15, 0.2) is 30.3 Å². The van der Waals surface area contributed by atoms with Gasteiger partial charge >= 0.3 is 6.09 Å². The third-order valence-corrected chi connectivity index (χ3v) is 2.67. The van der Waals surface area contributed by atoms with E-state index in [1.807, 2.05) is 30.3 Å². The van der Waals surface area contributed by atoms with Gasteiger partial charge in [0.25, 0.3) is 10.1 Å². The van der Waals surface area contributed by atoms with E-state index in [9.17, 15) is 13.2 Å². The van der Waals surface area contributed by atoms with Gasteiger partial charge < -0.3 is 10.1 Å². The minimum absolute atomic E-state index is 0.126. The maximum atomic E-state index is 11.4. The number of rotatable bonds is 6. The fraction of sp³-hybridized carbons (Fsp3) is 0.417. The Morgan fingerprint density at radius 3 is 2.53 bits per heavy atom. The molecule has 7 heteroatoms. The van der Waals surface area contributed by atoms with Crippen LogP contribution in [0.25, 0.3) is 0 Å². The average Bonchev–Trinajstić information content (AvgIpc) is 2.34. The topological polar surface area (TPSA) is 81.7 Å². The normalized spacial score (nSPS) is 12.7. The molecule has 0 unspecified atom stereocenters. The summed E-state index contributed by atoms with van der Waals surface area (Å²) in [4.78, 5) is 11.4. The first-order chi connectivity index (χ1) is 8.87. The van der Waals surface area contributed by atoms with E-state index in [1.165, 1.54) is 0 Å². The van der Waals surface area contributed by atoms with Crippen LogP contribution in [0.5, 0.6) is 0 Å². The van der Waals surface area contributed by atoms with E-state index in [-0.39, 0.29) is 13.2 Å². The van der Waals surface area contributed by atoms with Crippen molar-refractivity contribution in [2.45, 2.75) is 19.6 Å². The van der Waals surface area contributed by atoms with Gasteiger partial charge in [-0.1, -0.05) is 30.3 Å². The van der Waals surface area contributed by atoms with Crippen LogP contribution in [0, 0.1) is 0 Å². The van der Waals surface area contributed by atoms with Gasteiger partial charge in [-0.15, -0.1) is 0 Å². The lowest BCUT2D eigenvalue weighted by molar-refractivity contribution is 0.132. The summed E-state index contributed by atoms with van der Waals surface area (Å²) in [5.41, 5.74) is 0.873. The summed E-state index contributed by atoms with van der Waals surface area (Å²) in [5.74, 6) is 0. The molecule has 19 heavy (non-hydrogen) atoms. The van der Waals surface area contributed by atoms with Crippen molar-refractivity contribution in [3.63, 3.8) is 0 Å². The Kier molecular flexibility index (Phi) is 5.78. The van der Waals surface area contributed by atoms with Gasteiger partial charge in [-0.2, -0.15) is 8.42 Å². The predicted molar refractivity (Wildman–Crippen MR) is 70.0 cm³/mol. The fourth-order valence-corrected chi connectivity index (χ4v) is 1.68. The quantitative estimate of drug-likeness (QED) is 0.797. The number of benzene rings is 1. The van der Waals surface area contributed by atoms with Gasteiger partial charge in [0.1, 0.15) is 6.61 Å². The number of nitrogens with one attached hydrogen (secondary N) is 1. The second kappa shape index (κ2) is 7.10. The highest BCUT2D eigenvalue weighted by Gasteiger charge is 2.11. The summed E-state index contributed by atoms with van der Waals surface area (Å²) in [6.07, 6.45) is 0.335. The fourth-order valence-electron chi connectivity index (χ4n) is 1.23. The molecule has 1 amide bonds. The summed E-state index contributed by atoms with van der Waals surface area (Å²) < 4.78 is 31.1. The van der Waals surface area contributed by atoms with Crippen molar-refractivity contribution >= 4 is 16.2 Å². The molecule has 0 aliphatic heterocycles. The molecule has 0 fully saturated rings. The van der Waals surface area contributed by atoms with E-state index in [4.69, 9.17) is 4.74 Å². The Morgan fingerprint density at radius 1 is 1.32 bits per heavy atom. The van der Waals surface area contributed by atoms with Crippen LogP contribution in [0.1, 0.15) is 12.5 Å². The van der Waals surface area contributed by atoms with E-state index in [1.54, 1.807) is 6.92 Å². The minimum Gasteiger partial charge on any atom is -0.445 e. The Hall–Kier alpha value is -1.60. The van der Waals surface area contributed by atoms with Crippen LogP contribution in [0.3, 0.4) is 0 Å². The number of amides is 1. The molecule has 1 aromatic rings. The predicted octanol–water partition coefficient (Wildman–Crippen LogP) is 1.28. The van der Waals surface area contributed by atoms with Crippen LogP contribution in [-0.2, 0) is 25.6 Å². The molecule has 0 radical (unpaired) electrons. The smallest absolute Gasteiger partial charge is 0.407 e. The van der Waals surface area contributed by atoms with Gasteiger partial charge in [0.2, 0.25) is 0 Å². The van der Waals surface area contributed by atoms with Crippen molar-refractivity contribution in [3.8, 4) is 0 Å². The number of hydrogen-bond acceptors (Lipinski definition) is 5. The largest absolute Gasteiger partial charge is 0.445 e. The standard InChI is InChI=1S/C12H17NO5S/c1-10(8-18-19(2,15)16)13-12(14)17-9-11-6-4-3-5-7-11/h3-7,10H,8-9H2,1-2H3,(H,13,14)/t10-/m0/s1. The van der Waals surface area contributed by atoms with E-state index in [0.717, 1.165) is 11.8 Å². The molecule has 0 aliphatic carbocycles. The van der Waals surface area contributed by atoms with Crippen LogP contribution in [-0.4, -0.2) is 33.4 Å². The maximum absolute atomic E-state index is 11.4. The first kappa shape index (κ1) is 15.5. The van der Waals surface area contributed by atoms with Crippen molar-refractivity contribution in [1.82, 2.24) is 5.32 Å². The molecule has 0 saturated carbocycles. The maximum Gasteiger partial charge on any atom is 0.407 e. The first-order valence-electron chi connectivity index (χ1n) is 5.68. The van der Waals surface area contributed by atoms with E-state index < -0.39 is 22.3 Å². The van der Waals surface area contributed by atoms with Gasteiger partial charge in [0.15, 0.2) is 0 Å². The Bertz CT molecular complexity index is 500. The third kappa shape index (κ3) is 7.43. The van der Waals surface area contributed by atoms with Crippen molar-refractivity contribution in [2.75, 3.05) is 12.9 Å². The number of ether oxygens (including phenoxy) is 1. The summed E-state index contributed by atoms with van der Waals surface area (Å²) in [5, 5.41) is 2.47. The Balaban J connectivity index is 2.27. The third-order valence-electron chi connectivity index (χ3n) is 2.11. The average molecular weight is 287 g/mol. The van der Waals surface area contributed by atoms with Gasteiger partial charge in [0, 0.05) is 0 Å². The van der Waals surface area contributed by atoms with Gasteiger partial charge in [-0.05, 0) is 12.5 Å². The zero-order valence-corrected chi connectivity index (χ0v) is 11.6. The molecule has 0 aliphatic rings. The van der Waals surface area contributed by atoms with Crippen molar-refractivity contribution in [2.24, 2.45) is 0 Å². The lowest BCUT2D eigenvalue weighted by atomic mass is 10.2. The van der Waals surface area contributed by atoms with Gasteiger partial charge in [-0.3, -0.25) is 4.18 Å². The lowest BCUT2D eigenvalue weighted by Crippen LogP contribution is -2.36. The molecule has 0 bridgehead atoms. The molecule has 106 valence electrons. The number of carbonyl (C=O) groups is 1. The van der Waals surface area contributed by atoms with E-state index >= 15 is 0 Å². The number of carbonyl (C=O) groups excluding carboxylic acids is 1. The molecular formula is C12H17NO5S. The molecule has 6 nitrogen and oxygen atoms in total. The molecule has 0 spiro atoms. The Morgan fingerprint density at radius 2 is 1.95 bits per heavy atom. The van der Waals surface area contributed by atoms with E-state index in [0.29, 0.717) is 0 Å². The highest BCUT2D eigenvalue weighted by molar-refractivity contribution is 7.85. The molecule has 1 N–H and O–H groups in total. The first-order valence-corrected chi connectivity index (χ1v) is 7.50. The lowest BCUT2D eigenvalue weighted by Gasteiger charge is -2.13. The number of hydrogen-bond donors (Lipinski definition) is 1. The second-order valence-electron chi connectivity index (χ2n) is 4.10. The van der Waals surface area contributed by atoms with Gasteiger partial charge in [0.05, 0.1) is 18.9 Å².